The van der Waals surface area contributed by atoms with Crippen LogP contribution in [0.15, 0.2) is 30.3 Å². The molecule has 2 saturated heterocycles. The van der Waals surface area contributed by atoms with Crippen LogP contribution in [0.4, 0.5) is 0 Å². The van der Waals surface area contributed by atoms with Crippen LogP contribution >= 0.6 is 0 Å². The monoisotopic (exact) mass is 260 g/mol. The summed E-state index contributed by atoms with van der Waals surface area (Å²) in [6.45, 7) is 8.72. The molecule has 2 aliphatic rings. The van der Waals surface area contributed by atoms with Gasteiger partial charge in [-0.3, -0.25) is 4.90 Å². The fraction of sp³-hybridized carbons (Fsp3) is 0.625. The van der Waals surface area contributed by atoms with Crippen molar-refractivity contribution in [2.75, 3.05) is 39.4 Å². The van der Waals surface area contributed by atoms with Gasteiger partial charge >= 0.3 is 0 Å². The van der Waals surface area contributed by atoms with Crippen molar-refractivity contribution < 1.29 is 4.74 Å². The maximum atomic E-state index is 5.49. The van der Waals surface area contributed by atoms with Crippen LogP contribution in [-0.4, -0.2) is 44.3 Å². The van der Waals surface area contributed by atoms with Gasteiger partial charge in [-0.15, -0.1) is 0 Å². The molecule has 1 N–H and O–H groups in total. The third-order valence-electron chi connectivity index (χ3n) is 4.43. The minimum atomic E-state index is 0.0823. The summed E-state index contributed by atoms with van der Waals surface area (Å²) in [4.78, 5) is 2.60. The standard InChI is InChI=1S/C16H24N2O/c1-16(15-5-3-2-4-6-15)13-18(9-8-17-16)11-14-7-10-19-12-14/h2-6,14,17H,7-13H2,1H3. The quantitative estimate of drug-likeness (QED) is 0.897. The molecule has 19 heavy (non-hydrogen) atoms. The fourth-order valence-corrected chi connectivity index (χ4v) is 3.32. The SMILES string of the molecule is CC1(c2ccccc2)CN(CC2CCOC2)CCN1. The highest BCUT2D eigenvalue weighted by Crippen LogP contribution is 2.25. The molecule has 2 unspecified atom stereocenters. The Morgan fingerprint density at radius 2 is 2.21 bits per heavy atom. The van der Waals surface area contributed by atoms with E-state index in [1.165, 1.54) is 18.5 Å². The van der Waals surface area contributed by atoms with Gasteiger partial charge in [0.05, 0.1) is 12.1 Å². The van der Waals surface area contributed by atoms with Crippen molar-refractivity contribution in [3.05, 3.63) is 35.9 Å². The molecule has 0 amide bonds. The van der Waals surface area contributed by atoms with Crippen molar-refractivity contribution in [3.63, 3.8) is 0 Å². The lowest BCUT2D eigenvalue weighted by atomic mass is 9.89. The van der Waals surface area contributed by atoms with E-state index in [0.29, 0.717) is 0 Å². The Kier molecular flexibility index (Phi) is 3.87. The average Bonchev–Trinajstić information content (AvgIpc) is 2.93. The van der Waals surface area contributed by atoms with E-state index in [2.05, 4.69) is 47.5 Å². The summed E-state index contributed by atoms with van der Waals surface area (Å²) >= 11 is 0. The summed E-state index contributed by atoms with van der Waals surface area (Å²) in [6, 6.07) is 10.8. The highest BCUT2D eigenvalue weighted by atomic mass is 16.5. The van der Waals surface area contributed by atoms with Crippen LogP contribution < -0.4 is 5.32 Å². The van der Waals surface area contributed by atoms with Crippen LogP contribution in [0.2, 0.25) is 0 Å². The highest BCUT2D eigenvalue weighted by molar-refractivity contribution is 5.24. The number of rotatable bonds is 3. The number of hydrogen-bond acceptors (Lipinski definition) is 3. The number of nitrogens with zero attached hydrogens (tertiary/aromatic N) is 1. The first-order chi connectivity index (χ1) is 9.26. The minimum Gasteiger partial charge on any atom is -0.381 e. The van der Waals surface area contributed by atoms with Crippen LogP contribution in [0.1, 0.15) is 18.9 Å². The first-order valence-electron chi connectivity index (χ1n) is 7.37. The summed E-state index contributed by atoms with van der Waals surface area (Å²) in [5, 5.41) is 3.69. The lowest BCUT2D eigenvalue weighted by Gasteiger charge is -2.42. The third kappa shape index (κ3) is 2.99. The van der Waals surface area contributed by atoms with Gasteiger partial charge in [0.15, 0.2) is 0 Å². The molecule has 0 bridgehead atoms. The maximum Gasteiger partial charge on any atom is 0.0535 e. The number of piperazine rings is 1. The van der Waals surface area contributed by atoms with E-state index in [1.807, 2.05) is 0 Å². The molecular weight excluding hydrogens is 236 g/mol. The maximum absolute atomic E-state index is 5.49. The lowest BCUT2D eigenvalue weighted by Crippen LogP contribution is -2.57. The zero-order valence-corrected chi connectivity index (χ0v) is 11.8. The Morgan fingerprint density at radius 1 is 1.37 bits per heavy atom. The van der Waals surface area contributed by atoms with Crippen LogP contribution in [0, 0.1) is 5.92 Å². The van der Waals surface area contributed by atoms with E-state index in [4.69, 9.17) is 4.74 Å². The van der Waals surface area contributed by atoms with Gasteiger partial charge in [0.1, 0.15) is 0 Å². The van der Waals surface area contributed by atoms with Crippen LogP contribution in [0.25, 0.3) is 0 Å². The van der Waals surface area contributed by atoms with Gasteiger partial charge in [0.2, 0.25) is 0 Å². The smallest absolute Gasteiger partial charge is 0.0535 e. The Morgan fingerprint density at radius 3 is 2.95 bits per heavy atom. The molecule has 0 saturated carbocycles. The van der Waals surface area contributed by atoms with E-state index < -0.39 is 0 Å². The third-order valence-corrected chi connectivity index (χ3v) is 4.43. The molecular formula is C16H24N2O. The molecule has 3 rings (SSSR count). The summed E-state index contributed by atoms with van der Waals surface area (Å²) in [5.41, 5.74) is 1.47. The van der Waals surface area contributed by atoms with Gasteiger partial charge in [-0.25, -0.2) is 0 Å². The first kappa shape index (κ1) is 13.1. The zero-order valence-electron chi connectivity index (χ0n) is 11.8. The predicted octanol–water partition coefficient (Wildman–Crippen LogP) is 1.84. The Hall–Kier alpha value is -0.900. The van der Waals surface area contributed by atoms with Crippen molar-refractivity contribution in [2.45, 2.75) is 18.9 Å². The average molecular weight is 260 g/mol. The molecule has 104 valence electrons. The van der Waals surface area contributed by atoms with Gasteiger partial charge in [0, 0.05) is 32.8 Å². The second-order valence-electron chi connectivity index (χ2n) is 6.09. The number of nitrogens with one attached hydrogen (secondary N) is 1. The van der Waals surface area contributed by atoms with Crippen molar-refractivity contribution in [2.24, 2.45) is 5.92 Å². The zero-order chi connectivity index (χ0) is 13.1. The Labute approximate surface area is 115 Å². The molecule has 3 heteroatoms. The molecule has 2 atom stereocenters. The van der Waals surface area contributed by atoms with Crippen LogP contribution in [0.5, 0.6) is 0 Å². The summed E-state index contributed by atoms with van der Waals surface area (Å²) in [6.07, 6.45) is 1.23. The van der Waals surface area contributed by atoms with E-state index >= 15 is 0 Å². The molecule has 0 radical (unpaired) electrons. The first-order valence-corrected chi connectivity index (χ1v) is 7.37. The van der Waals surface area contributed by atoms with E-state index in [9.17, 15) is 0 Å². The normalized spacial score (nSPS) is 32.6. The highest BCUT2D eigenvalue weighted by Gasteiger charge is 2.33. The van der Waals surface area contributed by atoms with Gasteiger partial charge in [0.25, 0.3) is 0 Å². The molecule has 1 aromatic rings. The number of ether oxygens (including phenoxy) is 1. The van der Waals surface area contributed by atoms with Crippen molar-refractivity contribution >= 4 is 0 Å². The molecule has 0 aliphatic carbocycles. The largest absolute Gasteiger partial charge is 0.381 e. The van der Waals surface area contributed by atoms with E-state index in [0.717, 1.165) is 38.8 Å². The molecule has 3 nitrogen and oxygen atoms in total. The lowest BCUT2D eigenvalue weighted by molar-refractivity contribution is 0.115. The van der Waals surface area contributed by atoms with Crippen molar-refractivity contribution in [1.82, 2.24) is 10.2 Å². The van der Waals surface area contributed by atoms with Gasteiger partial charge in [-0.2, -0.15) is 0 Å². The molecule has 0 spiro atoms. The van der Waals surface area contributed by atoms with E-state index in [1.54, 1.807) is 0 Å². The summed E-state index contributed by atoms with van der Waals surface area (Å²) in [7, 11) is 0. The summed E-state index contributed by atoms with van der Waals surface area (Å²) < 4.78 is 5.49. The summed E-state index contributed by atoms with van der Waals surface area (Å²) in [5.74, 6) is 0.734. The Balaban J connectivity index is 1.66. The Bertz CT molecular complexity index is 402. The molecule has 2 fully saturated rings. The minimum absolute atomic E-state index is 0.0823. The number of hydrogen-bond donors (Lipinski definition) is 1. The molecule has 0 aromatic heterocycles. The molecule has 2 aliphatic heterocycles. The topological polar surface area (TPSA) is 24.5 Å². The predicted molar refractivity (Wildman–Crippen MR) is 77.2 cm³/mol. The second kappa shape index (κ2) is 5.61. The molecule has 2 heterocycles. The number of benzene rings is 1. The van der Waals surface area contributed by atoms with Gasteiger partial charge in [-0.05, 0) is 24.8 Å². The van der Waals surface area contributed by atoms with Gasteiger partial charge < -0.3 is 10.1 Å². The van der Waals surface area contributed by atoms with Crippen LogP contribution in [0.3, 0.4) is 0 Å². The van der Waals surface area contributed by atoms with Crippen molar-refractivity contribution in [1.29, 1.82) is 0 Å². The fourth-order valence-electron chi connectivity index (χ4n) is 3.32. The molecule has 1 aromatic carbocycles. The van der Waals surface area contributed by atoms with Crippen molar-refractivity contribution in [3.8, 4) is 0 Å². The second-order valence-corrected chi connectivity index (χ2v) is 6.09. The van der Waals surface area contributed by atoms with Crippen LogP contribution in [-0.2, 0) is 10.3 Å². The van der Waals surface area contributed by atoms with E-state index in [-0.39, 0.29) is 5.54 Å². The van der Waals surface area contributed by atoms with Gasteiger partial charge in [-0.1, -0.05) is 30.3 Å².